The number of hydrogen-bond donors (Lipinski definition) is 1. The van der Waals surface area contributed by atoms with Gasteiger partial charge in [-0.25, -0.2) is 9.59 Å². The highest BCUT2D eigenvalue weighted by molar-refractivity contribution is 6.08. The number of esters is 3. The fraction of sp³-hybridized carbons (Fsp3) is 0.714. The first-order valence-corrected chi connectivity index (χ1v) is 6.61. The van der Waals surface area contributed by atoms with Crippen molar-refractivity contribution in [2.24, 2.45) is 0 Å². The van der Waals surface area contributed by atoms with Crippen molar-refractivity contribution < 1.29 is 40.3 Å². The highest BCUT2D eigenvalue weighted by Crippen LogP contribution is 2.19. The minimum Gasteiger partial charge on any atom is -0.466 e. The Bertz CT molecular complexity index is 578. The summed E-state index contributed by atoms with van der Waals surface area (Å²) >= 11 is 0. The maximum absolute atomic E-state index is 12.6. The molecular formula is C14H23NO7. The van der Waals surface area contributed by atoms with E-state index in [-0.39, 0.29) is 25.1 Å². The molecule has 0 rings (SSSR count). The van der Waals surface area contributed by atoms with Crippen LogP contribution in [0.3, 0.4) is 0 Å². The van der Waals surface area contributed by atoms with Gasteiger partial charge >= 0.3 is 17.9 Å². The molecule has 22 heavy (non-hydrogen) atoms. The first-order valence-electron chi connectivity index (χ1n) is 9.06. The van der Waals surface area contributed by atoms with Crippen molar-refractivity contribution in [3.63, 3.8) is 0 Å². The maximum Gasteiger partial charge on any atom is 0.343 e. The van der Waals surface area contributed by atoms with Gasteiger partial charge in [-0.2, -0.15) is 0 Å². The zero-order valence-corrected chi connectivity index (χ0v) is 12.9. The SMILES string of the molecule is [2H]N(C(C)=O)C(C(=O)OCC)(C(=O)OCC)C([2H])([2H])C([2H])([2H])C(=O)OCC. The van der Waals surface area contributed by atoms with Gasteiger partial charge in [0.15, 0.2) is 1.41 Å². The molecule has 0 radical (unpaired) electrons. The van der Waals surface area contributed by atoms with Gasteiger partial charge in [0, 0.05) is 25.2 Å². The number of carbonyl (C=O) groups excluding carboxylic acids is 4. The Kier molecular flexibility index (Phi) is 5.51. The molecule has 126 valence electrons. The van der Waals surface area contributed by atoms with E-state index in [0.717, 1.165) is 6.92 Å². The standard InChI is InChI=1S/C14H23NO7/c1-5-20-11(17)8-9-14(15-10(4)16,12(18)21-6-2)13(19)22-7-3/h5-9H2,1-4H3,(H,15,16)/i8D2,9D2/hD. The lowest BCUT2D eigenvalue weighted by molar-refractivity contribution is -0.168. The summed E-state index contributed by atoms with van der Waals surface area (Å²) in [4.78, 5) is 49.0. The van der Waals surface area contributed by atoms with Gasteiger partial charge < -0.3 is 19.5 Å². The van der Waals surface area contributed by atoms with Crippen molar-refractivity contribution in [2.75, 3.05) is 19.8 Å². The molecule has 0 heterocycles. The van der Waals surface area contributed by atoms with Gasteiger partial charge in [0.2, 0.25) is 11.4 Å². The van der Waals surface area contributed by atoms with Crippen LogP contribution in [0.4, 0.5) is 0 Å². The van der Waals surface area contributed by atoms with Crippen molar-refractivity contribution >= 4 is 23.8 Å². The third-order valence-corrected chi connectivity index (χ3v) is 2.09. The summed E-state index contributed by atoms with van der Waals surface area (Å²) in [6.07, 6.45) is -7.42. The van der Waals surface area contributed by atoms with Crippen molar-refractivity contribution in [3.8, 4) is 0 Å². The van der Waals surface area contributed by atoms with Crippen LogP contribution in [0, 0.1) is 0 Å². The predicted octanol–water partition coefficient (Wildman–Crippen LogP) is 0.331. The second-order valence-electron chi connectivity index (χ2n) is 3.75. The van der Waals surface area contributed by atoms with Crippen LogP contribution in [0.1, 0.15) is 45.9 Å². The van der Waals surface area contributed by atoms with E-state index in [1.54, 1.807) is 0 Å². The molecule has 0 aromatic heterocycles. The molecule has 0 aliphatic rings. The zero-order valence-electron chi connectivity index (χ0n) is 17.9. The van der Waals surface area contributed by atoms with Crippen LogP contribution in [-0.2, 0) is 33.4 Å². The van der Waals surface area contributed by atoms with Crippen LogP contribution in [0.15, 0.2) is 0 Å². The molecule has 0 aromatic carbocycles. The molecule has 0 aromatic rings. The van der Waals surface area contributed by atoms with E-state index in [1.165, 1.54) is 20.8 Å². The van der Waals surface area contributed by atoms with E-state index in [9.17, 15) is 19.2 Å². The summed E-state index contributed by atoms with van der Waals surface area (Å²) in [6, 6.07) is 0. The summed E-state index contributed by atoms with van der Waals surface area (Å²) in [6.45, 7) is 3.61. The molecule has 0 aliphatic heterocycles. The number of carbonyl (C=O) groups is 4. The molecule has 8 nitrogen and oxygen atoms in total. The number of amides is 1. The molecule has 8 heteroatoms. The first kappa shape index (κ1) is 12.4. The van der Waals surface area contributed by atoms with E-state index < -0.39 is 42.1 Å². The Hall–Kier alpha value is -2.12. The molecule has 0 atom stereocenters. The Balaban J connectivity index is 6.93. The number of nitrogens with one attached hydrogen (secondary N) is 1. The summed E-state index contributed by atoms with van der Waals surface area (Å²) in [5.74, 6) is -6.54. The number of ether oxygens (including phenoxy) is 3. The highest BCUT2D eigenvalue weighted by Gasteiger charge is 2.50. The monoisotopic (exact) mass is 322 g/mol. The molecular weight excluding hydrogens is 294 g/mol. The molecule has 0 unspecified atom stereocenters. The van der Waals surface area contributed by atoms with Crippen LogP contribution >= 0.6 is 0 Å². The second kappa shape index (κ2) is 9.75. The lowest BCUT2D eigenvalue weighted by Crippen LogP contribution is -2.61. The first-order chi connectivity index (χ1) is 12.3. The minimum absolute atomic E-state index is 0.322. The van der Waals surface area contributed by atoms with E-state index in [1.807, 2.05) is 0 Å². The Morgan fingerprint density at radius 3 is 1.82 bits per heavy atom. The minimum atomic E-state index is -3.79. The highest BCUT2D eigenvalue weighted by atomic mass is 16.6. The van der Waals surface area contributed by atoms with Gasteiger partial charge in [0.1, 0.15) is 0 Å². The smallest absolute Gasteiger partial charge is 0.343 e. The molecule has 1 amide bonds. The largest absolute Gasteiger partial charge is 0.466 e. The average molecular weight is 322 g/mol. The Morgan fingerprint density at radius 1 is 1.00 bits per heavy atom. The summed E-state index contributed by atoms with van der Waals surface area (Å²) in [5, 5.41) is -0.375. The van der Waals surface area contributed by atoms with Crippen LogP contribution in [0.25, 0.3) is 0 Å². The lowest BCUT2D eigenvalue weighted by atomic mass is 9.93. The normalized spacial score (nSPS) is 15.2. The molecule has 0 aliphatic carbocycles. The van der Waals surface area contributed by atoms with Gasteiger partial charge in [0.05, 0.1) is 19.8 Å². The molecule has 0 spiro atoms. The van der Waals surface area contributed by atoms with E-state index in [2.05, 4.69) is 14.2 Å². The summed E-state index contributed by atoms with van der Waals surface area (Å²) in [5.41, 5.74) is -3.55. The molecule has 0 saturated carbocycles. The lowest BCUT2D eigenvalue weighted by Gasteiger charge is -2.29. The van der Waals surface area contributed by atoms with Crippen LogP contribution in [-0.4, -0.2) is 49.2 Å². The van der Waals surface area contributed by atoms with Gasteiger partial charge in [-0.1, -0.05) is 0 Å². The predicted molar refractivity (Wildman–Crippen MR) is 75.7 cm³/mol. The van der Waals surface area contributed by atoms with Crippen LogP contribution in [0.5, 0.6) is 0 Å². The van der Waals surface area contributed by atoms with Gasteiger partial charge in [-0.3, -0.25) is 9.59 Å². The Labute approximate surface area is 136 Å². The van der Waals surface area contributed by atoms with Crippen molar-refractivity contribution in [1.29, 1.82) is 0 Å². The summed E-state index contributed by atoms with van der Waals surface area (Å²) in [7, 11) is 0. The quantitative estimate of drug-likeness (QED) is 0.370. The van der Waals surface area contributed by atoms with Crippen molar-refractivity contribution in [3.05, 3.63) is 0 Å². The average Bonchev–Trinajstić information content (AvgIpc) is 2.55. The van der Waals surface area contributed by atoms with Crippen LogP contribution < -0.4 is 5.31 Å². The third-order valence-electron chi connectivity index (χ3n) is 2.09. The summed E-state index contributed by atoms with van der Waals surface area (Å²) < 4.78 is 53.7. The maximum atomic E-state index is 12.6. The van der Waals surface area contributed by atoms with Gasteiger partial charge in [-0.05, 0) is 20.8 Å². The van der Waals surface area contributed by atoms with Gasteiger partial charge in [0.25, 0.3) is 0 Å². The third kappa shape index (κ3) is 5.71. The fourth-order valence-corrected chi connectivity index (χ4v) is 1.32. The van der Waals surface area contributed by atoms with Crippen molar-refractivity contribution in [1.82, 2.24) is 5.31 Å². The topological polar surface area (TPSA) is 108 Å². The van der Waals surface area contributed by atoms with E-state index in [4.69, 9.17) is 6.89 Å². The Morgan fingerprint density at radius 2 is 1.45 bits per heavy atom. The van der Waals surface area contributed by atoms with Gasteiger partial charge in [-0.15, -0.1) is 0 Å². The zero-order chi connectivity index (χ0) is 21.6. The van der Waals surface area contributed by atoms with E-state index >= 15 is 0 Å². The van der Waals surface area contributed by atoms with E-state index in [0.29, 0.717) is 0 Å². The van der Waals surface area contributed by atoms with Crippen LogP contribution in [0.2, 0.25) is 1.41 Å². The molecule has 0 saturated heterocycles. The van der Waals surface area contributed by atoms with Crippen molar-refractivity contribution in [2.45, 2.75) is 46.0 Å². The molecule has 0 fully saturated rings. The number of hydrogen-bond acceptors (Lipinski definition) is 7. The molecule has 1 N–H and O–H groups in total. The fourth-order valence-electron chi connectivity index (χ4n) is 1.32. The molecule has 0 bridgehead atoms. The second-order valence-corrected chi connectivity index (χ2v) is 3.75. The number of rotatable bonds is 9.